The Hall–Kier alpha value is -2.48. The Morgan fingerprint density at radius 2 is 2.11 bits per heavy atom. The summed E-state index contributed by atoms with van der Waals surface area (Å²) in [5.41, 5.74) is 0.905. The highest BCUT2D eigenvalue weighted by Gasteiger charge is 2.19. The topological polar surface area (TPSA) is 106 Å². The van der Waals surface area contributed by atoms with Gasteiger partial charge in [0, 0.05) is 17.5 Å². The summed E-state index contributed by atoms with van der Waals surface area (Å²) in [6.45, 7) is 1.76. The molecule has 0 fully saturated rings. The van der Waals surface area contributed by atoms with Crippen molar-refractivity contribution in [3.05, 3.63) is 40.2 Å². The largest absolute Gasteiger partial charge is 0.484 e. The van der Waals surface area contributed by atoms with E-state index < -0.39 is 23.5 Å². The Balaban J connectivity index is 2.05. The van der Waals surface area contributed by atoms with E-state index in [1.807, 2.05) is 6.26 Å². The predicted molar refractivity (Wildman–Crippen MR) is 109 cm³/mol. The maximum absolute atomic E-state index is 12.0. The molecular weight excluding hydrogens is 382 g/mol. The van der Waals surface area contributed by atoms with Crippen LogP contribution in [0.3, 0.4) is 0 Å². The molecule has 1 unspecified atom stereocenters. The van der Waals surface area contributed by atoms with Crippen LogP contribution >= 0.6 is 11.8 Å². The van der Waals surface area contributed by atoms with Crippen LogP contribution in [-0.2, 0) is 16.0 Å². The monoisotopic (exact) mass is 407 g/mol. The number of fused-ring (bicyclic) bond motifs is 1. The molecule has 7 nitrogen and oxygen atoms in total. The van der Waals surface area contributed by atoms with Gasteiger partial charge in [0.05, 0.1) is 0 Å². The molecule has 28 heavy (non-hydrogen) atoms. The molecule has 0 aliphatic rings. The van der Waals surface area contributed by atoms with E-state index in [0.717, 1.165) is 30.2 Å². The van der Waals surface area contributed by atoms with E-state index in [2.05, 4.69) is 12.2 Å². The summed E-state index contributed by atoms with van der Waals surface area (Å²) in [6, 6.07) is 5.64. The first-order valence-corrected chi connectivity index (χ1v) is 10.5. The van der Waals surface area contributed by atoms with Crippen LogP contribution in [0.15, 0.2) is 33.5 Å². The molecule has 2 N–H and O–H groups in total. The van der Waals surface area contributed by atoms with Crippen molar-refractivity contribution in [2.24, 2.45) is 0 Å². The summed E-state index contributed by atoms with van der Waals surface area (Å²) in [5.74, 6) is -0.599. The van der Waals surface area contributed by atoms with E-state index in [1.54, 1.807) is 18.2 Å². The highest BCUT2D eigenvalue weighted by molar-refractivity contribution is 7.98. The molecule has 1 aromatic carbocycles. The first kappa shape index (κ1) is 21.8. The van der Waals surface area contributed by atoms with Crippen LogP contribution in [0.25, 0.3) is 11.0 Å². The number of carboxylic acid groups (broad SMARTS) is 1. The van der Waals surface area contributed by atoms with E-state index in [9.17, 15) is 14.4 Å². The van der Waals surface area contributed by atoms with Crippen LogP contribution < -0.4 is 15.7 Å². The van der Waals surface area contributed by atoms with Gasteiger partial charge in [-0.15, -0.1) is 0 Å². The van der Waals surface area contributed by atoms with Crippen molar-refractivity contribution in [3.63, 3.8) is 0 Å². The molecule has 0 bridgehead atoms. The van der Waals surface area contributed by atoms with Gasteiger partial charge in [-0.2, -0.15) is 11.8 Å². The molecule has 0 saturated carbocycles. The molecule has 0 radical (unpaired) electrons. The van der Waals surface area contributed by atoms with Crippen LogP contribution in [0.5, 0.6) is 5.75 Å². The molecule has 152 valence electrons. The lowest BCUT2D eigenvalue weighted by Crippen LogP contribution is -2.43. The number of hydrogen-bond acceptors (Lipinski definition) is 6. The van der Waals surface area contributed by atoms with Gasteiger partial charge in [0.2, 0.25) is 0 Å². The summed E-state index contributed by atoms with van der Waals surface area (Å²) in [6.07, 6.45) is 4.98. The van der Waals surface area contributed by atoms with E-state index >= 15 is 0 Å². The summed E-state index contributed by atoms with van der Waals surface area (Å²) in [4.78, 5) is 35.0. The number of rotatable bonds is 11. The number of aliphatic carboxylic acids is 1. The quantitative estimate of drug-likeness (QED) is 0.552. The molecular formula is C20H25NO6S. The number of benzene rings is 1. The van der Waals surface area contributed by atoms with Crippen molar-refractivity contribution < 1.29 is 23.8 Å². The minimum Gasteiger partial charge on any atom is -0.484 e. The highest BCUT2D eigenvalue weighted by atomic mass is 32.2. The summed E-state index contributed by atoms with van der Waals surface area (Å²) in [7, 11) is 0. The number of nitrogens with one attached hydrogen (secondary N) is 1. The van der Waals surface area contributed by atoms with Gasteiger partial charge in [0.15, 0.2) is 6.61 Å². The Bertz CT molecular complexity index is 879. The zero-order valence-corrected chi connectivity index (χ0v) is 16.8. The third kappa shape index (κ3) is 6.30. The van der Waals surface area contributed by atoms with Gasteiger partial charge in [-0.3, -0.25) is 4.79 Å². The van der Waals surface area contributed by atoms with Crippen molar-refractivity contribution in [2.45, 2.75) is 38.6 Å². The van der Waals surface area contributed by atoms with Crippen LogP contribution in [0.2, 0.25) is 0 Å². The molecule has 0 aliphatic heterocycles. The smallest absolute Gasteiger partial charge is 0.336 e. The van der Waals surface area contributed by atoms with Crippen LogP contribution in [0.4, 0.5) is 0 Å². The van der Waals surface area contributed by atoms with Crippen LogP contribution in [0.1, 0.15) is 31.7 Å². The average molecular weight is 407 g/mol. The van der Waals surface area contributed by atoms with Gasteiger partial charge in [-0.1, -0.05) is 13.3 Å². The highest BCUT2D eigenvalue weighted by Crippen LogP contribution is 2.23. The van der Waals surface area contributed by atoms with Crippen molar-refractivity contribution in [2.75, 3.05) is 18.6 Å². The molecule has 2 aromatic rings. The molecule has 1 amide bonds. The lowest BCUT2D eigenvalue weighted by molar-refractivity contribution is -0.142. The fourth-order valence-electron chi connectivity index (χ4n) is 2.75. The van der Waals surface area contributed by atoms with Gasteiger partial charge in [0.25, 0.3) is 5.91 Å². The van der Waals surface area contributed by atoms with Crippen molar-refractivity contribution in [1.82, 2.24) is 5.32 Å². The summed E-state index contributed by atoms with van der Waals surface area (Å²) >= 11 is 1.51. The Labute approximate surface area is 167 Å². The summed E-state index contributed by atoms with van der Waals surface area (Å²) in [5, 5.41) is 12.4. The SMILES string of the molecule is CCCCc1cc(=O)oc2cc(OCC(=O)NC(CCSC)C(=O)O)ccc12. The second-order valence-corrected chi connectivity index (χ2v) is 7.37. The van der Waals surface area contributed by atoms with E-state index in [4.69, 9.17) is 14.3 Å². The minimum absolute atomic E-state index is 0.325. The molecule has 2 rings (SSSR count). The number of hydrogen-bond donors (Lipinski definition) is 2. The Morgan fingerprint density at radius 1 is 1.32 bits per heavy atom. The first-order chi connectivity index (χ1) is 13.4. The third-order valence-corrected chi connectivity index (χ3v) is 4.86. The fraction of sp³-hybridized carbons (Fsp3) is 0.450. The molecule has 1 aromatic heterocycles. The van der Waals surface area contributed by atoms with Crippen molar-refractivity contribution in [1.29, 1.82) is 0 Å². The minimum atomic E-state index is -1.07. The molecule has 1 atom stereocenters. The van der Waals surface area contributed by atoms with Crippen molar-refractivity contribution in [3.8, 4) is 5.75 Å². The molecule has 1 heterocycles. The second-order valence-electron chi connectivity index (χ2n) is 6.38. The maximum Gasteiger partial charge on any atom is 0.336 e. The number of carbonyl (C=O) groups excluding carboxylic acids is 1. The molecule has 0 spiro atoms. The van der Waals surface area contributed by atoms with E-state index in [0.29, 0.717) is 23.5 Å². The first-order valence-electron chi connectivity index (χ1n) is 9.15. The van der Waals surface area contributed by atoms with Gasteiger partial charge < -0.3 is 19.6 Å². The molecule has 8 heteroatoms. The predicted octanol–water partition coefficient (Wildman–Crippen LogP) is 2.84. The molecule has 0 saturated heterocycles. The van der Waals surface area contributed by atoms with Crippen LogP contribution in [-0.4, -0.2) is 41.6 Å². The van der Waals surface area contributed by atoms with Gasteiger partial charge in [-0.25, -0.2) is 9.59 Å². The number of carboxylic acids is 1. The van der Waals surface area contributed by atoms with E-state index in [1.165, 1.54) is 17.8 Å². The van der Waals surface area contributed by atoms with Gasteiger partial charge in [0.1, 0.15) is 17.4 Å². The van der Waals surface area contributed by atoms with Gasteiger partial charge >= 0.3 is 11.6 Å². The number of carbonyl (C=O) groups is 2. The van der Waals surface area contributed by atoms with Gasteiger partial charge in [-0.05, 0) is 49.0 Å². The van der Waals surface area contributed by atoms with Crippen LogP contribution in [0, 0.1) is 0 Å². The molecule has 0 aliphatic carbocycles. The second kappa shape index (κ2) is 10.8. The third-order valence-electron chi connectivity index (χ3n) is 4.22. The lowest BCUT2D eigenvalue weighted by Gasteiger charge is -2.14. The zero-order chi connectivity index (χ0) is 20.5. The average Bonchev–Trinajstić information content (AvgIpc) is 2.67. The lowest BCUT2D eigenvalue weighted by atomic mass is 10.0. The standard InChI is InChI=1S/C20H25NO6S/c1-3-4-5-13-10-19(23)27-17-11-14(6-7-15(13)17)26-12-18(22)21-16(20(24)25)8-9-28-2/h6-7,10-11,16H,3-5,8-9,12H2,1-2H3,(H,21,22)(H,24,25). The summed E-state index contributed by atoms with van der Waals surface area (Å²) < 4.78 is 10.7. The van der Waals surface area contributed by atoms with Crippen molar-refractivity contribution >= 4 is 34.6 Å². The number of ether oxygens (including phenoxy) is 1. The normalized spacial score (nSPS) is 11.9. The maximum atomic E-state index is 12.0. The number of amides is 1. The number of thioether (sulfide) groups is 1. The Kier molecular flexibility index (Phi) is 8.38. The number of aryl methyl sites for hydroxylation is 1. The fourth-order valence-corrected chi connectivity index (χ4v) is 3.22. The van der Waals surface area contributed by atoms with E-state index in [-0.39, 0.29) is 6.61 Å². The number of unbranched alkanes of at least 4 members (excludes halogenated alkanes) is 1. The Morgan fingerprint density at radius 3 is 2.79 bits per heavy atom. The zero-order valence-electron chi connectivity index (χ0n) is 16.0.